The number of halogens is 1. The molecular formula is C26H33FN6O3. The Hall–Kier alpha value is -3.50. The normalized spacial score (nSPS) is 17.6. The van der Waals surface area contributed by atoms with Crippen molar-refractivity contribution in [2.24, 2.45) is 11.5 Å². The number of primary amides is 1. The molecule has 0 bridgehead atoms. The first kappa shape index (κ1) is 25.6. The zero-order chi connectivity index (χ0) is 25.5. The van der Waals surface area contributed by atoms with Gasteiger partial charge in [0.2, 0.25) is 5.88 Å². The van der Waals surface area contributed by atoms with E-state index in [4.69, 9.17) is 20.9 Å². The molecule has 2 heterocycles. The molecule has 9 nitrogen and oxygen atoms in total. The Morgan fingerprint density at radius 2 is 1.92 bits per heavy atom. The lowest BCUT2D eigenvalue weighted by Gasteiger charge is -2.30. The van der Waals surface area contributed by atoms with E-state index >= 15 is 0 Å². The van der Waals surface area contributed by atoms with E-state index in [1.165, 1.54) is 0 Å². The minimum atomic E-state index is -0.781. The average Bonchev–Trinajstić information content (AvgIpc) is 2.87. The van der Waals surface area contributed by atoms with Gasteiger partial charge in [-0.05, 0) is 49.6 Å². The minimum Gasteiger partial charge on any atom is -0.475 e. The molecule has 1 aromatic carbocycles. The molecular weight excluding hydrogens is 463 g/mol. The molecule has 3 aromatic rings. The number of fused-ring (bicyclic) bond motifs is 1. The largest absolute Gasteiger partial charge is 0.475 e. The standard InChI is InChI=1S/C26H33FN6O3/c1-2-11-35-12-13-36-23-10-7-16-14-17(8-9-21(16)31-23)30-25-18(24(29)34)15-19(27)26(33-25)32-22-6-4-3-5-20(22)28/h7-10,14-15,20,22H,2-6,11-13,28H2,1H3,(H2,29,34)(H2,30,32,33)/t20-,22?/m0/s1. The topological polar surface area (TPSA) is 137 Å². The first-order valence-corrected chi connectivity index (χ1v) is 12.4. The molecule has 192 valence electrons. The lowest BCUT2D eigenvalue weighted by Crippen LogP contribution is -2.43. The maximum absolute atomic E-state index is 14.8. The van der Waals surface area contributed by atoms with Gasteiger partial charge >= 0.3 is 0 Å². The van der Waals surface area contributed by atoms with Crippen molar-refractivity contribution >= 4 is 34.1 Å². The molecule has 0 aliphatic heterocycles. The van der Waals surface area contributed by atoms with Crippen LogP contribution in [-0.2, 0) is 4.74 Å². The van der Waals surface area contributed by atoms with Crippen LogP contribution in [0, 0.1) is 5.82 Å². The summed E-state index contributed by atoms with van der Waals surface area (Å²) in [7, 11) is 0. The predicted octanol–water partition coefficient (Wildman–Crippen LogP) is 4.10. The van der Waals surface area contributed by atoms with Gasteiger partial charge in [-0.3, -0.25) is 4.79 Å². The molecule has 1 unspecified atom stereocenters. The molecule has 1 fully saturated rings. The number of aromatic nitrogens is 2. The number of hydrogen-bond donors (Lipinski definition) is 4. The fourth-order valence-corrected chi connectivity index (χ4v) is 4.24. The zero-order valence-corrected chi connectivity index (χ0v) is 20.4. The molecule has 1 aliphatic carbocycles. The highest BCUT2D eigenvalue weighted by atomic mass is 19.1. The Morgan fingerprint density at radius 1 is 1.08 bits per heavy atom. The molecule has 10 heteroatoms. The van der Waals surface area contributed by atoms with Crippen LogP contribution in [0.2, 0.25) is 0 Å². The minimum absolute atomic E-state index is 0.0389. The number of carbonyl (C=O) groups excluding carboxylic acids is 1. The highest BCUT2D eigenvalue weighted by Crippen LogP contribution is 2.28. The van der Waals surface area contributed by atoms with Gasteiger partial charge in [-0.2, -0.15) is 0 Å². The summed E-state index contributed by atoms with van der Waals surface area (Å²) in [6.45, 7) is 3.69. The number of amides is 1. The monoisotopic (exact) mass is 496 g/mol. The first-order chi connectivity index (χ1) is 17.4. The average molecular weight is 497 g/mol. The third kappa shape index (κ3) is 6.38. The van der Waals surface area contributed by atoms with E-state index < -0.39 is 11.7 Å². The van der Waals surface area contributed by atoms with Crippen LogP contribution < -0.4 is 26.8 Å². The number of rotatable bonds is 11. The molecule has 6 N–H and O–H groups in total. The van der Waals surface area contributed by atoms with E-state index in [1.54, 1.807) is 12.1 Å². The quantitative estimate of drug-likeness (QED) is 0.291. The molecule has 0 radical (unpaired) electrons. The molecule has 2 atom stereocenters. The number of carbonyl (C=O) groups is 1. The number of pyridine rings is 2. The van der Waals surface area contributed by atoms with E-state index in [0.717, 1.165) is 49.1 Å². The van der Waals surface area contributed by atoms with Crippen molar-refractivity contribution in [1.29, 1.82) is 0 Å². The Bertz CT molecular complexity index is 1210. The van der Waals surface area contributed by atoms with Crippen molar-refractivity contribution < 1.29 is 18.7 Å². The summed E-state index contributed by atoms with van der Waals surface area (Å²) in [5, 5.41) is 7.07. The first-order valence-electron chi connectivity index (χ1n) is 12.4. The number of anilines is 3. The molecule has 0 spiro atoms. The Labute approximate surface area is 209 Å². The summed E-state index contributed by atoms with van der Waals surface area (Å²) in [4.78, 5) is 20.9. The van der Waals surface area contributed by atoms with Gasteiger partial charge in [-0.25, -0.2) is 14.4 Å². The summed E-state index contributed by atoms with van der Waals surface area (Å²) >= 11 is 0. The Morgan fingerprint density at radius 3 is 2.69 bits per heavy atom. The predicted molar refractivity (Wildman–Crippen MR) is 138 cm³/mol. The van der Waals surface area contributed by atoms with Crippen LogP contribution in [0.5, 0.6) is 5.88 Å². The lowest BCUT2D eigenvalue weighted by atomic mass is 9.91. The second kappa shape index (κ2) is 12.0. The van der Waals surface area contributed by atoms with Crippen LogP contribution in [0.15, 0.2) is 36.4 Å². The van der Waals surface area contributed by atoms with Crippen LogP contribution in [-0.4, -0.2) is 47.8 Å². The third-order valence-corrected chi connectivity index (χ3v) is 6.14. The van der Waals surface area contributed by atoms with Gasteiger partial charge in [0.05, 0.1) is 17.7 Å². The Kier molecular flexibility index (Phi) is 8.50. The number of ether oxygens (including phenoxy) is 2. The highest BCUT2D eigenvalue weighted by Gasteiger charge is 2.24. The van der Waals surface area contributed by atoms with E-state index in [-0.39, 0.29) is 29.3 Å². The smallest absolute Gasteiger partial charge is 0.252 e. The maximum Gasteiger partial charge on any atom is 0.252 e. The molecule has 1 amide bonds. The molecule has 4 rings (SSSR count). The summed E-state index contributed by atoms with van der Waals surface area (Å²) in [6.07, 6.45) is 4.74. The molecule has 1 aliphatic rings. The Balaban J connectivity index is 1.52. The van der Waals surface area contributed by atoms with Crippen LogP contribution in [0.1, 0.15) is 49.4 Å². The molecule has 36 heavy (non-hydrogen) atoms. The van der Waals surface area contributed by atoms with Crippen LogP contribution in [0.4, 0.5) is 21.7 Å². The maximum atomic E-state index is 14.8. The number of nitrogens with zero attached hydrogens (tertiary/aromatic N) is 2. The van der Waals surface area contributed by atoms with E-state index in [0.29, 0.717) is 31.4 Å². The summed E-state index contributed by atoms with van der Waals surface area (Å²) < 4.78 is 25.9. The van der Waals surface area contributed by atoms with Gasteiger partial charge in [0.15, 0.2) is 11.6 Å². The van der Waals surface area contributed by atoms with Crippen LogP contribution in [0.25, 0.3) is 10.9 Å². The summed E-state index contributed by atoms with van der Waals surface area (Å²) in [5.74, 6) is -0.720. The molecule has 2 aromatic heterocycles. The lowest BCUT2D eigenvalue weighted by molar-refractivity contribution is 0.0991. The van der Waals surface area contributed by atoms with Crippen LogP contribution >= 0.6 is 0 Å². The molecule has 1 saturated carbocycles. The van der Waals surface area contributed by atoms with Crippen molar-refractivity contribution in [1.82, 2.24) is 9.97 Å². The van der Waals surface area contributed by atoms with Crippen molar-refractivity contribution in [3.63, 3.8) is 0 Å². The summed E-state index contributed by atoms with van der Waals surface area (Å²) in [5.41, 5.74) is 13.1. The van der Waals surface area contributed by atoms with Gasteiger partial charge in [-0.1, -0.05) is 19.8 Å². The van der Waals surface area contributed by atoms with Crippen molar-refractivity contribution in [3.05, 3.63) is 47.8 Å². The second-order valence-corrected chi connectivity index (χ2v) is 8.92. The van der Waals surface area contributed by atoms with Gasteiger partial charge in [-0.15, -0.1) is 0 Å². The van der Waals surface area contributed by atoms with E-state index in [9.17, 15) is 9.18 Å². The third-order valence-electron chi connectivity index (χ3n) is 6.14. The van der Waals surface area contributed by atoms with Crippen molar-refractivity contribution in [3.8, 4) is 5.88 Å². The zero-order valence-electron chi connectivity index (χ0n) is 20.4. The second-order valence-electron chi connectivity index (χ2n) is 8.92. The fourth-order valence-electron chi connectivity index (χ4n) is 4.24. The molecule has 0 saturated heterocycles. The van der Waals surface area contributed by atoms with Gasteiger partial charge in [0.25, 0.3) is 5.91 Å². The van der Waals surface area contributed by atoms with Crippen molar-refractivity contribution in [2.75, 3.05) is 30.5 Å². The number of nitrogens with one attached hydrogen (secondary N) is 2. The SMILES string of the molecule is CCCOCCOc1ccc2cc(Nc3nc(NC4CCCC[C@@H]4N)c(F)cc3C(N)=O)ccc2n1. The number of hydrogen-bond acceptors (Lipinski definition) is 8. The fraction of sp³-hybridized carbons (Fsp3) is 0.423. The van der Waals surface area contributed by atoms with E-state index in [1.807, 2.05) is 18.2 Å². The highest BCUT2D eigenvalue weighted by molar-refractivity contribution is 5.99. The van der Waals surface area contributed by atoms with Gasteiger partial charge in [0.1, 0.15) is 12.4 Å². The van der Waals surface area contributed by atoms with Crippen LogP contribution in [0.3, 0.4) is 0 Å². The number of nitrogens with two attached hydrogens (primary N) is 2. The number of benzene rings is 1. The van der Waals surface area contributed by atoms with E-state index in [2.05, 4.69) is 27.5 Å². The van der Waals surface area contributed by atoms with Crippen molar-refractivity contribution in [2.45, 2.75) is 51.1 Å². The van der Waals surface area contributed by atoms with Gasteiger partial charge in [0, 0.05) is 35.8 Å². The van der Waals surface area contributed by atoms with Gasteiger partial charge < -0.3 is 31.6 Å². The summed E-state index contributed by atoms with van der Waals surface area (Å²) in [6, 6.07) is 10.1.